The highest BCUT2D eigenvalue weighted by Gasteiger charge is 2.48. The average Bonchev–Trinajstić information content (AvgIpc) is 3.96. The van der Waals surface area contributed by atoms with E-state index in [9.17, 15) is 20.1 Å². The number of ether oxygens (including phenoxy) is 4. The van der Waals surface area contributed by atoms with E-state index in [-0.39, 0.29) is 11.8 Å². The zero-order valence-corrected chi connectivity index (χ0v) is 31.5. The van der Waals surface area contributed by atoms with Crippen LogP contribution in [0.2, 0.25) is 0 Å². The van der Waals surface area contributed by atoms with Crippen LogP contribution >= 0.6 is 0 Å². The molecule has 0 aromatic heterocycles. The lowest BCUT2D eigenvalue weighted by Gasteiger charge is -2.16. The Hall–Kier alpha value is -5.68. The van der Waals surface area contributed by atoms with Crippen LogP contribution in [0.25, 0.3) is 22.3 Å². The molecule has 10 heteroatoms. The number of amides is 2. The molecule has 0 spiro atoms. The van der Waals surface area contributed by atoms with Gasteiger partial charge in [-0.2, -0.15) is 10.5 Å². The summed E-state index contributed by atoms with van der Waals surface area (Å²) in [6, 6.07) is 24.9. The smallest absolute Gasteiger partial charge is 0.258 e. The summed E-state index contributed by atoms with van der Waals surface area (Å²) in [7, 11) is 0. The van der Waals surface area contributed by atoms with Crippen molar-refractivity contribution in [1.82, 2.24) is 0 Å². The maximum absolute atomic E-state index is 12.5. The summed E-state index contributed by atoms with van der Waals surface area (Å²) in [5, 5.41) is 25.2. The monoisotopic (exact) mass is 724 g/mol. The summed E-state index contributed by atoms with van der Waals surface area (Å²) < 4.78 is 22.2. The van der Waals surface area contributed by atoms with Crippen molar-refractivity contribution in [2.45, 2.75) is 77.4 Å². The number of fused-ring (bicyclic) bond motifs is 2. The number of hydrogen-bond acceptors (Lipinski definition) is 8. The highest BCUT2D eigenvalue weighted by molar-refractivity contribution is 6.02. The van der Waals surface area contributed by atoms with Gasteiger partial charge in [0.25, 0.3) is 11.8 Å². The molecule has 276 valence electrons. The van der Waals surface area contributed by atoms with E-state index < -0.39 is 11.2 Å². The number of nitriles is 2. The number of hydrogen-bond donors (Lipinski definition) is 2. The first-order valence-corrected chi connectivity index (χ1v) is 18.4. The van der Waals surface area contributed by atoms with Gasteiger partial charge in [-0.25, -0.2) is 0 Å². The predicted octanol–water partition coefficient (Wildman–Crippen LogP) is 8.02. The fourth-order valence-electron chi connectivity index (χ4n) is 6.72. The van der Waals surface area contributed by atoms with Crippen molar-refractivity contribution >= 4 is 23.2 Å². The molecule has 54 heavy (non-hydrogen) atoms. The third-order valence-corrected chi connectivity index (χ3v) is 10.6. The number of nitrogens with zero attached hydrogens (tertiary/aromatic N) is 2. The van der Waals surface area contributed by atoms with Gasteiger partial charge >= 0.3 is 0 Å². The third-order valence-electron chi connectivity index (χ3n) is 10.6. The van der Waals surface area contributed by atoms with E-state index in [0.29, 0.717) is 73.6 Å². The van der Waals surface area contributed by atoms with Crippen LogP contribution in [-0.4, -0.2) is 49.4 Å². The van der Waals surface area contributed by atoms with Gasteiger partial charge in [0.15, 0.2) is 11.2 Å². The third kappa shape index (κ3) is 7.03. The minimum absolute atomic E-state index is 0.223. The Morgan fingerprint density at radius 1 is 0.648 bits per heavy atom. The van der Waals surface area contributed by atoms with Crippen molar-refractivity contribution in [2.75, 3.05) is 37.1 Å². The van der Waals surface area contributed by atoms with Crippen LogP contribution in [0.15, 0.2) is 60.7 Å². The van der Waals surface area contributed by atoms with E-state index in [1.807, 2.05) is 12.1 Å². The number of carbonyl (C=O) groups is 2. The zero-order valence-electron chi connectivity index (χ0n) is 31.5. The van der Waals surface area contributed by atoms with Crippen LogP contribution in [0.3, 0.4) is 0 Å². The van der Waals surface area contributed by atoms with Gasteiger partial charge in [0.2, 0.25) is 0 Å². The second kappa shape index (κ2) is 14.3. The van der Waals surface area contributed by atoms with E-state index in [4.69, 9.17) is 18.9 Å². The lowest BCUT2D eigenvalue weighted by molar-refractivity contribution is -0.121. The van der Waals surface area contributed by atoms with Gasteiger partial charge in [-0.3, -0.25) is 9.59 Å². The Morgan fingerprint density at radius 3 is 1.30 bits per heavy atom. The molecular formula is C44H44N4O6. The summed E-state index contributed by atoms with van der Waals surface area (Å²) in [6.45, 7) is 14.0. The summed E-state index contributed by atoms with van der Waals surface area (Å²) in [4.78, 5) is 24.9. The maximum Gasteiger partial charge on any atom is 0.258 e. The van der Waals surface area contributed by atoms with Gasteiger partial charge in [-0.05, 0) is 60.1 Å². The Balaban J connectivity index is 0.000000167. The number of rotatable bonds is 8. The lowest BCUT2D eigenvalue weighted by Crippen LogP contribution is -2.28. The maximum atomic E-state index is 12.5. The van der Waals surface area contributed by atoms with Crippen LogP contribution in [0.1, 0.15) is 86.8 Å². The van der Waals surface area contributed by atoms with Gasteiger partial charge in [0.05, 0.1) is 48.9 Å². The molecule has 8 rings (SSSR count). The summed E-state index contributed by atoms with van der Waals surface area (Å²) in [5.41, 5.74) is 8.46. The zero-order chi connectivity index (χ0) is 38.4. The van der Waals surface area contributed by atoms with E-state index in [0.717, 1.165) is 44.9 Å². The molecule has 2 N–H and O–H groups in total. The molecule has 4 heterocycles. The van der Waals surface area contributed by atoms with Crippen molar-refractivity contribution in [3.63, 3.8) is 0 Å². The van der Waals surface area contributed by atoms with E-state index >= 15 is 0 Å². The molecule has 0 aliphatic carbocycles. The Morgan fingerprint density at radius 2 is 1.00 bits per heavy atom. The first kappa shape index (κ1) is 36.7. The second-order valence-electron chi connectivity index (χ2n) is 15.2. The second-order valence-corrected chi connectivity index (χ2v) is 15.2. The molecule has 2 fully saturated rings. The van der Waals surface area contributed by atoms with Crippen LogP contribution in [0.4, 0.5) is 11.4 Å². The summed E-state index contributed by atoms with van der Waals surface area (Å²) in [6.07, 6.45) is 1.32. The molecule has 0 radical (unpaired) electrons. The molecule has 4 aliphatic heterocycles. The SMILES string of the molecule is CC(C)c1ccc(-c2cc(NC(=O)[C@@]3(C)CO3)c(C#N)c3c2OCC3)cc1.CC(C)c1ccc(-c2cc(NC(=O)[C@]3(C)CO3)c(C#N)c3c2OCC3)cc1. The molecular weight excluding hydrogens is 681 g/mol. The van der Waals surface area contributed by atoms with Crippen LogP contribution in [0, 0.1) is 22.7 Å². The van der Waals surface area contributed by atoms with Crippen LogP contribution in [0.5, 0.6) is 11.5 Å². The topological polar surface area (TPSA) is 149 Å². The van der Waals surface area contributed by atoms with Gasteiger partial charge in [0, 0.05) is 35.1 Å². The normalized spacial score (nSPS) is 20.0. The molecule has 0 unspecified atom stereocenters. The summed E-state index contributed by atoms with van der Waals surface area (Å²) in [5.74, 6) is 1.96. The Kier molecular flexibility index (Phi) is 9.70. The van der Waals surface area contributed by atoms with Gasteiger partial charge in [0.1, 0.15) is 23.6 Å². The number of anilines is 2. The average molecular weight is 725 g/mol. The van der Waals surface area contributed by atoms with Crippen molar-refractivity contribution in [1.29, 1.82) is 10.5 Å². The fraction of sp³-hybridized carbons (Fsp3) is 0.364. The number of nitrogens with one attached hydrogen (secondary N) is 2. The van der Waals surface area contributed by atoms with E-state index in [2.05, 4.69) is 99.0 Å². The highest BCUT2D eigenvalue weighted by atomic mass is 16.6. The van der Waals surface area contributed by atoms with Crippen molar-refractivity contribution in [3.8, 4) is 45.9 Å². The molecule has 2 saturated heterocycles. The van der Waals surface area contributed by atoms with Crippen LogP contribution < -0.4 is 20.1 Å². The number of benzene rings is 4. The molecule has 0 bridgehead atoms. The molecule has 4 aliphatic rings. The predicted molar refractivity (Wildman–Crippen MR) is 206 cm³/mol. The van der Waals surface area contributed by atoms with E-state index in [1.54, 1.807) is 13.8 Å². The van der Waals surface area contributed by atoms with Crippen LogP contribution in [-0.2, 0) is 31.9 Å². The first-order chi connectivity index (χ1) is 25.9. The fourth-order valence-corrected chi connectivity index (χ4v) is 6.72. The highest BCUT2D eigenvalue weighted by Crippen LogP contribution is 2.45. The molecule has 10 nitrogen and oxygen atoms in total. The number of epoxide rings is 2. The Bertz CT molecular complexity index is 2060. The molecule has 0 saturated carbocycles. The largest absolute Gasteiger partial charge is 0.492 e. The standard InChI is InChI=1S/2C22H22N2O3/c2*1-13(2)14-4-6-15(7-5-14)17-10-19(24-21(25)22(3)12-27-22)18(11-23)16-8-9-26-20(16)17/h2*4-7,10,13H,8-9,12H2,1-3H3,(H,24,25)/t2*22-/m10/s1. The van der Waals surface area contributed by atoms with Crippen molar-refractivity contribution in [3.05, 3.63) is 94.0 Å². The van der Waals surface area contributed by atoms with Crippen molar-refractivity contribution < 1.29 is 28.5 Å². The quantitative estimate of drug-likeness (QED) is 0.174. The van der Waals surface area contributed by atoms with Gasteiger partial charge < -0.3 is 29.6 Å². The minimum Gasteiger partial charge on any atom is -0.492 e. The Labute approximate surface area is 316 Å². The minimum atomic E-state index is -0.790. The van der Waals surface area contributed by atoms with E-state index in [1.165, 1.54) is 11.1 Å². The van der Waals surface area contributed by atoms with Crippen molar-refractivity contribution in [2.24, 2.45) is 0 Å². The van der Waals surface area contributed by atoms with Gasteiger partial charge in [-0.15, -0.1) is 0 Å². The molecule has 2 amide bonds. The van der Waals surface area contributed by atoms with Gasteiger partial charge in [-0.1, -0.05) is 76.2 Å². The molecule has 4 aromatic rings. The molecule has 4 aromatic carbocycles. The lowest BCUT2D eigenvalue weighted by atomic mass is 9.93. The first-order valence-electron chi connectivity index (χ1n) is 18.4. The number of carbonyl (C=O) groups excluding carboxylic acids is 2. The summed E-state index contributed by atoms with van der Waals surface area (Å²) >= 11 is 0. The molecule has 2 atom stereocenters.